The minimum atomic E-state index is -0.787. The number of Topliss-reactive ketones (excluding diaryl/α,β-unsaturated/α-hetero) is 1. The summed E-state index contributed by atoms with van der Waals surface area (Å²) in [5, 5.41) is 0. The molecule has 0 saturated heterocycles. The SMILES string of the molecule is COc1ccc(OC(C)C(=O)OCc2cc(C(C)=O)ccc2OC)cc1. The summed E-state index contributed by atoms with van der Waals surface area (Å²) in [6.45, 7) is 3.07. The van der Waals surface area contributed by atoms with E-state index in [-0.39, 0.29) is 12.4 Å². The molecule has 0 radical (unpaired) electrons. The molecular weight excluding hydrogens is 336 g/mol. The third kappa shape index (κ3) is 4.99. The predicted molar refractivity (Wildman–Crippen MR) is 95.9 cm³/mol. The normalized spacial score (nSPS) is 11.4. The summed E-state index contributed by atoms with van der Waals surface area (Å²) in [5.41, 5.74) is 1.14. The zero-order valence-corrected chi connectivity index (χ0v) is 15.3. The molecule has 0 aliphatic rings. The molecule has 2 aromatic carbocycles. The van der Waals surface area contributed by atoms with E-state index in [0.29, 0.717) is 28.4 Å². The lowest BCUT2D eigenvalue weighted by Crippen LogP contribution is -2.26. The van der Waals surface area contributed by atoms with Crippen LogP contribution >= 0.6 is 0 Å². The van der Waals surface area contributed by atoms with Crippen LogP contribution in [0.15, 0.2) is 42.5 Å². The van der Waals surface area contributed by atoms with Crippen molar-refractivity contribution in [1.29, 1.82) is 0 Å². The van der Waals surface area contributed by atoms with Crippen LogP contribution in [0.25, 0.3) is 0 Å². The summed E-state index contributed by atoms with van der Waals surface area (Å²) in [7, 11) is 3.09. The van der Waals surface area contributed by atoms with Gasteiger partial charge >= 0.3 is 5.97 Å². The second-order valence-corrected chi connectivity index (χ2v) is 5.63. The van der Waals surface area contributed by atoms with Gasteiger partial charge in [-0.05, 0) is 56.3 Å². The highest BCUT2D eigenvalue weighted by Gasteiger charge is 2.18. The van der Waals surface area contributed by atoms with Crippen molar-refractivity contribution in [3.63, 3.8) is 0 Å². The predicted octanol–water partition coefficient (Wildman–Crippen LogP) is 3.42. The second-order valence-electron chi connectivity index (χ2n) is 5.63. The van der Waals surface area contributed by atoms with E-state index in [4.69, 9.17) is 18.9 Å². The van der Waals surface area contributed by atoms with E-state index in [0.717, 1.165) is 0 Å². The first-order valence-electron chi connectivity index (χ1n) is 8.09. The van der Waals surface area contributed by atoms with Crippen LogP contribution in [0.1, 0.15) is 29.8 Å². The molecule has 0 aromatic heterocycles. The van der Waals surface area contributed by atoms with Crippen LogP contribution in [0.5, 0.6) is 17.2 Å². The molecule has 2 rings (SSSR count). The molecule has 0 bridgehead atoms. The Bertz CT molecular complexity index is 766. The Morgan fingerprint density at radius 1 is 0.962 bits per heavy atom. The summed E-state index contributed by atoms with van der Waals surface area (Å²) in [4.78, 5) is 23.7. The van der Waals surface area contributed by atoms with E-state index < -0.39 is 12.1 Å². The molecule has 2 aromatic rings. The Morgan fingerprint density at radius 3 is 2.19 bits per heavy atom. The number of hydrogen-bond acceptors (Lipinski definition) is 6. The van der Waals surface area contributed by atoms with Crippen LogP contribution in [0.4, 0.5) is 0 Å². The topological polar surface area (TPSA) is 71.1 Å². The Balaban J connectivity index is 1.98. The van der Waals surface area contributed by atoms with E-state index in [1.165, 1.54) is 14.0 Å². The molecule has 6 nitrogen and oxygen atoms in total. The minimum absolute atomic E-state index is 0.0144. The van der Waals surface area contributed by atoms with Crippen molar-refractivity contribution in [2.75, 3.05) is 14.2 Å². The lowest BCUT2D eigenvalue weighted by atomic mass is 10.1. The molecule has 0 spiro atoms. The van der Waals surface area contributed by atoms with Crippen molar-refractivity contribution in [2.24, 2.45) is 0 Å². The van der Waals surface area contributed by atoms with Gasteiger partial charge < -0.3 is 18.9 Å². The molecule has 26 heavy (non-hydrogen) atoms. The Labute approximate surface area is 152 Å². The number of hydrogen-bond donors (Lipinski definition) is 0. The van der Waals surface area contributed by atoms with Crippen molar-refractivity contribution < 1.29 is 28.5 Å². The third-order valence-corrected chi connectivity index (χ3v) is 3.76. The first-order valence-corrected chi connectivity index (χ1v) is 8.09. The van der Waals surface area contributed by atoms with Gasteiger partial charge in [-0.15, -0.1) is 0 Å². The Hall–Kier alpha value is -3.02. The molecule has 0 aliphatic carbocycles. The van der Waals surface area contributed by atoms with Crippen LogP contribution in [-0.4, -0.2) is 32.1 Å². The fourth-order valence-corrected chi connectivity index (χ4v) is 2.28. The second kappa shape index (κ2) is 8.89. The van der Waals surface area contributed by atoms with E-state index in [9.17, 15) is 9.59 Å². The third-order valence-electron chi connectivity index (χ3n) is 3.76. The average Bonchev–Trinajstić information content (AvgIpc) is 2.66. The van der Waals surface area contributed by atoms with Crippen molar-refractivity contribution in [2.45, 2.75) is 26.6 Å². The van der Waals surface area contributed by atoms with Gasteiger partial charge in [0.25, 0.3) is 0 Å². The number of carbonyl (C=O) groups excluding carboxylic acids is 2. The number of benzene rings is 2. The van der Waals surface area contributed by atoms with Gasteiger partial charge in [0.1, 0.15) is 23.9 Å². The monoisotopic (exact) mass is 358 g/mol. The van der Waals surface area contributed by atoms with Gasteiger partial charge in [-0.3, -0.25) is 4.79 Å². The molecule has 1 unspecified atom stereocenters. The highest BCUT2D eigenvalue weighted by atomic mass is 16.6. The van der Waals surface area contributed by atoms with Gasteiger partial charge in [-0.25, -0.2) is 4.79 Å². The van der Waals surface area contributed by atoms with Crippen molar-refractivity contribution in [3.8, 4) is 17.2 Å². The summed E-state index contributed by atoms with van der Waals surface area (Å²) < 4.78 is 21.2. The molecule has 0 heterocycles. The maximum absolute atomic E-state index is 12.2. The van der Waals surface area contributed by atoms with Crippen LogP contribution in [0.2, 0.25) is 0 Å². The Kier molecular flexibility index (Phi) is 6.60. The van der Waals surface area contributed by atoms with Crippen molar-refractivity contribution in [3.05, 3.63) is 53.6 Å². The van der Waals surface area contributed by atoms with Gasteiger partial charge in [0.2, 0.25) is 0 Å². The number of ketones is 1. The fourth-order valence-electron chi connectivity index (χ4n) is 2.28. The number of esters is 1. The van der Waals surface area contributed by atoms with Crippen LogP contribution in [0, 0.1) is 0 Å². The number of ether oxygens (including phenoxy) is 4. The molecule has 138 valence electrons. The van der Waals surface area contributed by atoms with Crippen LogP contribution < -0.4 is 14.2 Å². The number of rotatable bonds is 8. The minimum Gasteiger partial charge on any atom is -0.497 e. The zero-order valence-electron chi connectivity index (χ0n) is 15.3. The first kappa shape index (κ1) is 19.3. The summed E-state index contributed by atoms with van der Waals surface area (Å²) in [6, 6.07) is 11.9. The fraction of sp³-hybridized carbons (Fsp3) is 0.300. The van der Waals surface area contributed by atoms with E-state index in [1.54, 1.807) is 56.5 Å². The van der Waals surface area contributed by atoms with E-state index in [2.05, 4.69) is 0 Å². The van der Waals surface area contributed by atoms with Gasteiger partial charge in [-0.1, -0.05) is 0 Å². The lowest BCUT2D eigenvalue weighted by Gasteiger charge is -2.15. The molecular formula is C20H22O6. The van der Waals surface area contributed by atoms with Crippen LogP contribution in [-0.2, 0) is 16.1 Å². The van der Waals surface area contributed by atoms with Gasteiger partial charge in [-0.2, -0.15) is 0 Å². The van der Waals surface area contributed by atoms with E-state index >= 15 is 0 Å². The maximum Gasteiger partial charge on any atom is 0.347 e. The molecule has 0 N–H and O–H groups in total. The molecule has 1 atom stereocenters. The molecule has 0 aliphatic heterocycles. The lowest BCUT2D eigenvalue weighted by molar-refractivity contribution is -0.152. The number of carbonyl (C=O) groups is 2. The molecule has 0 saturated carbocycles. The standard InChI is InChI=1S/C20H22O6/c1-13(21)15-5-10-19(24-4)16(11-15)12-25-20(22)14(2)26-18-8-6-17(23-3)7-9-18/h5-11,14H,12H2,1-4H3. The smallest absolute Gasteiger partial charge is 0.347 e. The van der Waals surface area contributed by atoms with Crippen LogP contribution in [0.3, 0.4) is 0 Å². The highest BCUT2D eigenvalue weighted by Crippen LogP contribution is 2.22. The van der Waals surface area contributed by atoms with Gasteiger partial charge in [0.05, 0.1) is 14.2 Å². The molecule has 0 amide bonds. The summed E-state index contributed by atoms with van der Waals surface area (Å²) in [5.74, 6) is 1.19. The highest BCUT2D eigenvalue weighted by molar-refractivity contribution is 5.94. The first-order chi connectivity index (χ1) is 12.4. The zero-order chi connectivity index (χ0) is 19.1. The summed E-state index contributed by atoms with van der Waals surface area (Å²) >= 11 is 0. The van der Waals surface area contributed by atoms with Crippen molar-refractivity contribution in [1.82, 2.24) is 0 Å². The largest absolute Gasteiger partial charge is 0.497 e. The van der Waals surface area contributed by atoms with Gasteiger partial charge in [0, 0.05) is 11.1 Å². The Morgan fingerprint density at radius 2 is 1.62 bits per heavy atom. The van der Waals surface area contributed by atoms with Gasteiger partial charge in [0.15, 0.2) is 11.9 Å². The number of methoxy groups -OCH3 is 2. The average molecular weight is 358 g/mol. The molecule has 0 fully saturated rings. The quantitative estimate of drug-likeness (QED) is 0.532. The molecule has 6 heteroatoms. The summed E-state index contributed by atoms with van der Waals surface area (Å²) in [6.07, 6.45) is -0.787. The maximum atomic E-state index is 12.2. The van der Waals surface area contributed by atoms with Crippen molar-refractivity contribution >= 4 is 11.8 Å². The van der Waals surface area contributed by atoms with E-state index in [1.807, 2.05) is 0 Å².